The maximum Gasteiger partial charge on any atom is 0.170 e. The predicted molar refractivity (Wildman–Crippen MR) is 32.7 cm³/mol. The molecule has 0 spiro atoms. The summed E-state index contributed by atoms with van der Waals surface area (Å²) in [5.74, 6) is 0. The SMILES string of the molecule is C=C(C)[N+](=C)CC. The highest BCUT2D eigenvalue weighted by atomic mass is 15.0. The van der Waals surface area contributed by atoms with E-state index in [1.807, 2.05) is 18.4 Å². The van der Waals surface area contributed by atoms with Gasteiger partial charge in [-0.1, -0.05) is 0 Å². The van der Waals surface area contributed by atoms with Crippen molar-refractivity contribution >= 4 is 6.72 Å². The quantitative estimate of drug-likeness (QED) is 0.361. The molecule has 0 aliphatic carbocycles. The molecule has 0 saturated carbocycles. The molecule has 0 radical (unpaired) electrons. The van der Waals surface area contributed by atoms with Gasteiger partial charge in [-0.3, -0.25) is 0 Å². The molecule has 0 rings (SSSR count). The molecule has 0 N–H and O–H groups in total. The molecule has 0 unspecified atom stereocenters. The highest BCUT2D eigenvalue weighted by Gasteiger charge is 1.92. The molecule has 40 valence electrons. The minimum atomic E-state index is 0.940. The highest BCUT2D eigenvalue weighted by molar-refractivity contribution is 5.16. The third-order valence-corrected chi connectivity index (χ3v) is 0.922. The second kappa shape index (κ2) is 2.56. The summed E-state index contributed by atoms with van der Waals surface area (Å²) in [5, 5.41) is 0. The molecule has 1 nitrogen and oxygen atoms in total. The van der Waals surface area contributed by atoms with Gasteiger partial charge in [0, 0.05) is 6.92 Å². The van der Waals surface area contributed by atoms with Crippen LogP contribution in [0.5, 0.6) is 0 Å². The fraction of sp³-hybridized carbons (Fsp3) is 0.500. The largest absolute Gasteiger partial charge is 0.210 e. The van der Waals surface area contributed by atoms with Crippen molar-refractivity contribution in [3.8, 4) is 0 Å². The van der Waals surface area contributed by atoms with Gasteiger partial charge < -0.3 is 0 Å². The molecular formula is C6H12N+. The molecular weight excluding hydrogens is 86.1 g/mol. The van der Waals surface area contributed by atoms with Crippen LogP contribution >= 0.6 is 0 Å². The van der Waals surface area contributed by atoms with E-state index in [0.29, 0.717) is 0 Å². The van der Waals surface area contributed by atoms with Gasteiger partial charge in [-0.15, -0.1) is 0 Å². The van der Waals surface area contributed by atoms with Crippen LogP contribution in [-0.2, 0) is 0 Å². The molecule has 0 heterocycles. The second-order valence-electron chi connectivity index (χ2n) is 1.59. The van der Waals surface area contributed by atoms with E-state index in [2.05, 4.69) is 13.3 Å². The maximum atomic E-state index is 3.69. The van der Waals surface area contributed by atoms with E-state index in [4.69, 9.17) is 0 Å². The Morgan fingerprint density at radius 1 is 1.71 bits per heavy atom. The smallest absolute Gasteiger partial charge is 0.170 e. The lowest BCUT2D eigenvalue weighted by Crippen LogP contribution is -2.03. The monoisotopic (exact) mass is 98.1 g/mol. The lowest BCUT2D eigenvalue weighted by molar-refractivity contribution is -0.462. The van der Waals surface area contributed by atoms with Gasteiger partial charge in [0.15, 0.2) is 5.70 Å². The summed E-state index contributed by atoms with van der Waals surface area (Å²) < 4.78 is 1.85. The van der Waals surface area contributed by atoms with Crippen molar-refractivity contribution in [3.05, 3.63) is 12.3 Å². The number of nitrogens with zero attached hydrogens (tertiary/aromatic N) is 1. The average molecular weight is 98.2 g/mol. The Labute approximate surface area is 45.0 Å². The Bertz CT molecular complexity index is 92.4. The van der Waals surface area contributed by atoms with Gasteiger partial charge in [0.2, 0.25) is 0 Å². The highest BCUT2D eigenvalue weighted by Crippen LogP contribution is 1.84. The van der Waals surface area contributed by atoms with Crippen molar-refractivity contribution < 1.29 is 4.58 Å². The lowest BCUT2D eigenvalue weighted by Gasteiger charge is -1.90. The third-order valence-electron chi connectivity index (χ3n) is 0.922. The normalized spacial score (nSPS) is 8.29. The molecule has 1 heteroatoms. The average Bonchev–Trinajstić information content (AvgIpc) is 1.65. The van der Waals surface area contributed by atoms with Gasteiger partial charge in [0.05, 0.1) is 0 Å². The standard InChI is InChI=1S/C6H12N/c1-5-7(4)6(2)3/h2,4-5H2,1,3H3/q+1. The van der Waals surface area contributed by atoms with Gasteiger partial charge in [-0.2, -0.15) is 0 Å². The number of hydrogen-bond acceptors (Lipinski definition) is 0. The van der Waals surface area contributed by atoms with Crippen LogP contribution in [-0.4, -0.2) is 17.8 Å². The first-order chi connectivity index (χ1) is 3.18. The van der Waals surface area contributed by atoms with Crippen LogP contribution in [0.25, 0.3) is 0 Å². The zero-order valence-electron chi connectivity index (χ0n) is 5.07. The zero-order chi connectivity index (χ0) is 5.86. The van der Waals surface area contributed by atoms with Crippen LogP contribution in [0.3, 0.4) is 0 Å². The molecule has 0 bridgehead atoms. The molecule has 0 aliphatic rings. The molecule has 7 heavy (non-hydrogen) atoms. The molecule has 0 aromatic heterocycles. The number of rotatable bonds is 2. The van der Waals surface area contributed by atoms with Gasteiger partial charge >= 0.3 is 0 Å². The van der Waals surface area contributed by atoms with E-state index < -0.39 is 0 Å². The summed E-state index contributed by atoms with van der Waals surface area (Å²) in [4.78, 5) is 0. The van der Waals surface area contributed by atoms with Gasteiger partial charge in [0.1, 0.15) is 13.3 Å². The van der Waals surface area contributed by atoms with Crippen molar-refractivity contribution in [1.29, 1.82) is 0 Å². The Hall–Kier alpha value is -0.590. The summed E-state index contributed by atoms with van der Waals surface area (Å²) in [7, 11) is 0. The van der Waals surface area contributed by atoms with Crippen LogP contribution in [0.2, 0.25) is 0 Å². The van der Waals surface area contributed by atoms with Crippen LogP contribution in [0.15, 0.2) is 12.3 Å². The molecule has 0 fully saturated rings. The Morgan fingerprint density at radius 3 is 2.14 bits per heavy atom. The fourth-order valence-corrected chi connectivity index (χ4v) is 0.270. The van der Waals surface area contributed by atoms with Crippen LogP contribution in [0, 0.1) is 0 Å². The molecule has 0 aliphatic heterocycles. The third kappa shape index (κ3) is 2.15. The fourth-order valence-electron chi connectivity index (χ4n) is 0.270. The number of allylic oxidation sites excluding steroid dienone is 1. The van der Waals surface area contributed by atoms with Crippen LogP contribution < -0.4 is 0 Å². The second-order valence-corrected chi connectivity index (χ2v) is 1.59. The Morgan fingerprint density at radius 2 is 2.14 bits per heavy atom. The van der Waals surface area contributed by atoms with Crippen LogP contribution in [0.4, 0.5) is 0 Å². The molecule has 0 aromatic rings. The van der Waals surface area contributed by atoms with E-state index in [-0.39, 0.29) is 0 Å². The van der Waals surface area contributed by atoms with Crippen molar-refractivity contribution in [3.63, 3.8) is 0 Å². The first kappa shape index (κ1) is 6.41. The first-order valence-corrected chi connectivity index (χ1v) is 2.42. The molecule has 0 amide bonds. The van der Waals surface area contributed by atoms with Gasteiger partial charge in [-0.05, 0) is 13.5 Å². The van der Waals surface area contributed by atoms with E-state index in [0.717, 1.165) is 12.2 Å². The van der Waals surface area contributed by atoms with Crippen molar-refractivity contribution in [2.75, 3.05) is 6.54 Å². The van der Waals surface area contributed by atoms with Gasteiger partial charge in [-0.25, -0.2) is 4.58 Å². The maximum absolute atomic E-state index is 3.69. The minimum Gasteiger partial charge on any atom is -0.210 e. The van der Waals surface area contributed by atoms with Crippen LogP contribution in [0.1, 0.15) is 13.8 Å². The molecule has 0 saturated heterocycles. The first-order valence-electron chi connectivity index (χ1n) is 2.42. The summed E-state index contributed by atoms with van der Waals surface area (Å²) in [5.41, 5.74) is 1.02. The van der Waals surface area contributed by atoms with E-state index in [9.17, 15) is 0 Å². The molecule has 0 atom stereocenters. The van der Waals surface area contributed by atoms with Gasteiger partial charge in [0.25, 0.3) is 0 Å². The van der Waals surface area contributed by atoms with E-state index in [1.165, 1.54) is 0 Å². The zero-order valence-corrected chi connectivity index (χ0v) is 5.07. The van der Waals surface area contributed by atoms with E-state index in [1.54, 1.807) is 0 Å². The minimum absolute atomic E-state index is 0.940. The summed E-state index contributed by atoms with van der Waals surface area (Å²) in [6, 6.07) is 0. The Balaban J connectivity index is 3.58. The van der Waals surface area contributed by atoms with Crippen molar-refractivity contribution in [2.45, 2.75) is 13.8 Å². The predicted octanol–water partition coefficient (Wildman–Crippen LogP) is 1.25. The lowest BCUT2D eigenvalue weighted by atomic mass is 10.5. The summed E-state index contributed by atoms with van der Waals surface area (Å²) in [6.07, 6.45) is 0. The van der Waals surface area contributed by atoms with Crippen molar-refractivity contribution in [2.24, 2.45) is 0 Å². The Kier molecular flexibility index (Phi) is 2.34. The number of hydrogen-bond donors (Lipinski definition) is 0. The van der Waals surface area contributed by atoms with E-state index >= 15 is 0 Å². The molecule has 0 aromatic carbocycles. The topological polar surface area (TPSA) is 3.01 Å². The summed E-state index contributed by atoms with van der Waals surface area (Å²) in [6.45, 7) is 12.3. The van der Waals surface area contributed by atoms with Crippen molar-refractivity contribution in [1.82, 2.24) is 0 Å². The summed E-state index contributed by atoms with van der Waals surface area (Å²) >= 11 is 0.